The molecule has 0 atom stereocenters. The van der Waals surface area contributed by atoms with Crippen LogP contribution in [-0.2, 0) is 19.7 Å². The van der Waals surface area contributed by atoms with Gasteiger partial charge < -0.3 is 0 Å². The summed E-state index contributed by atoms with van der Waals surface area (Å²) in [6, 6.07) is 15.9. The van der Waals surface area contributed by atoms with Gasteiger partial charge in [-0.25, -0.2) is 16.8 Å². The van der Waals surface area contributed by atoms with E-state index in [0.717, 1.165) is 23.1 Å². The minimum absolute atomic E-state index is 0.00887. The number of sulfone groups is 2. The van der Waals surface area contributed by atoms with Crippen LogP contribution in [0.4, 0.5) is 0 Å². The molecule has 0 aliphatic carbocycles. The molecule has 0 fully saturated rings. The van der Waals surface area contributed by atoms with Gasteiger partial charge in [0, 0.05) is 6.42 Å². The molecule has 2 aromatic carbocycles. The first kappa shape index (κ1) is 31.5. The van der Waals surface area contributed by atoms with E-state index in [9.17, 15) is 16.8 Å². The van der Waals surface area contributed by atoms with Gasteiger partial charge in [0.05, 0.1) is 9.79 Å². The van der Waals surface area contributed by atoms with Gasteiger partial charge in [-0.3, -0.25) is 0 Å². The second kappa shape index (κ2) is 13.9. The predicted molar refractivity (Wildman–Crippen MR) is 159 cm³/mol. The Hall–Kier alpha value is -2.70. The van der Waals surface area contributed by atoms with Crippen molar-refractivity contribution in [3.63, 3.8) is 0 Å². The molecule has 0 spiro atoms. The van der Waals surface area contributed by atoms with Crippen molar-refractivity contribution < 1.29 is 16.8 Å². The fraction of sp³-hybridized carbons (Fsp3) is 0.375. The van der Waals surface area contributed by atoms with Crippen LogP contribution in [0.5, 0.6) is 0 Å². The summed E-state index contributed by atoms with van der Waals surface area (Å²) in [5.41, 5.74) is 3.83. The lowest BCUT2D eigenvalue weighted by molar-refractivity contribution is 0.554. The highest BCUT2D eigenvalue weighted by Crippen LogP contribution is 2.43. The maximum Gasteiger partial charge on any atom is 0.204 e. The molecule has 0 bridgehead atoms. The van der Waals surface area contributed by atoms with Gasteiger partial charge in [-0.05, 0) is 97.6 Å². The van der Waals surface area contributed by atoms with E-state index in [1.54, 1.807) is 36.4 Å². The van der Waals surface area contributed by atoms with Gasteiger partial charge in [0.15, 0.2) is 0 Å². The van der Waals surface area contributed by atoms with Crippen LogP contribution in [0.25, 0.3) is 0 Å². The van der Waals surface area contributed by atoms with Crippen molar-refractivity contribution in [2.45, 2.75) is 87.5 Å². The summed E-state index contributed by atoms with van der Waals surface area (Å²) in [5, 5.41) is 0. The maximum atomic E-state index is 14.5. The molecule has 0 aliphatic rings. The molecule has 2 rings (SSSR count). The standard InChI is InChI=1S/C32H42O4S2/c1-7-27(4)17-15-19-29(6)25-32(24-28(5)18-14-16-26(2)3,37(33,34)30-20-10-8-11-21-30)38(35,36)31-22-12-9-13-23-31/h7-13,16,19-24H,14-15,17-18,25H2,1-6H3/b27-7+,28-24+,29-19+. The van der Waals surface area contributed by atoms with Gasteiger partial charge in [0.25, 0.3) is 0 Å². The monoisotopic (exact) mass is 554 g/mol. The number of benzene rings is 2. The van der Waals surface area contributed by atoms with Gasteiger partial charge >= 0.3 is 0 Å². The number of allylic oxidation sites excluding steroid dienone is 7. The van der Waals surface area contributed by atoms with E-state index in [2.05, 4.69) is 6.08 Å². The summed E-state index contributed by atoms with van der Waals surface area (Å²) >= 11 is 0. The fourth-order valence-electron chi connectivity index (χ4n) is 4.33. The first-order valence-corrected chi connectivity index (χ1v) is 16.0. The Morgan fingerprint density at radius 1 is 0.658 bits per heavy atom. The number of hydrogen-bond acceptors (Lipinski definition) is 4. The Balaban J connectivity index is 2.85. The van der Waals surface area contributed by atoms with Gasteiger partial charge in [-0.1, -0.05) is 76.9 Å². The highest BCUT2D eigenvalue weighted by Gasteiger charge is 2.54. The molecule has 0 amide bonds. The van der Waals surface area contributed by atoms with E-state index in [0.29, 0.717) is 19.3 Å². The van der Waals surface area contributed by atoms with Crippen molar-refractivity contribution in [3.8, 4) is 0 Å². The Morgan fingerprint density at radius 3 is 1.55 bits per heavy atom. The number of rotatable bonds is 13. The molecule has 38 heavy (non-hydrogen) atoms. The summed E-state index contributed by atoms with van der Waals surface area (Å²) in [6.07, 6.45) is 10.2. The molecule has 0 aromatic heterocycles. The van der Waals surface area contributed by atoms with E-state index < -0.39 is 23.8 Å². The van der Waals surface area contributed by atoms with Crippen LogP contribution in [0.1, 0.15) is 73.6 Å². The summed E-state index contributed by atoms with van der Waals surface area (Å²) in [4.78, 5) is -0.0177. The number of hydrogen-bond donors (Lipinski definition) is 0. The summed E-state index contributed by atoms with van der Waals surface area (Å²) in [7, 11) is -8.76. The van der Waals surface area contributed by atoms with Crippen molar-refractivity contribution in [2.75, 3.05) is 0 Å². The van der Waals surface area contributed by atoms with Crippen LogP contribution in [0, 0.1) is 0 Å². The fourth-order valence-corrected chi connectivity index (χ4v) is 9.44. The molecule has 2 aromatic rings. The molecule has 0 heterocycles. The lowest BCUT2D eigenvalue weighted by Crippen LogP contribution is -2.45. The Bertz CT molecular complexity index is 1320. The third-order valence-electron chi connectivity index (χ3n) is 6.62. The van der Waals surface area contributed by atoms with Crippen LogP contribution in [0.3, 0.4) is 0 Å². The van der Waals surface area contributed by atoms with Crippen molar-refractivity contribution in [3.05, 3.63) is 107 Å². The van der Waals surface area contributed by atoms with E-state index in [1.165, 1.54) is 35.9 Å². The third kappa shape index (κ3) is 7.67. The van der Waals surface area contributed by atoms with E-state index in [4.69, 9.17) is 0 Å². The topological polar surface area (TPSA) is 68.3 Å². The van der Waals surface area contributed by atoms with Crippen molar-refractivity contribution in [1.29, 1.82) is 0 Å². The van der Waals surface area contributed by atoms with Crippen LogP contribution in [0.2, 0.25) is 0 Å². The zero-order valence-electron chi connectivity index (χ0n) is 23.6. The summed E-state index contributed by atoms with van der Waals surface area (Å²) < 4.78 is 55.7. The molecular weight excluding hydrogens is 512 g/mol. The van der Waals surface area contributed by atoms with Crippen LogP contribution in [0.15, 0.2) is 117 Å². The van der Waals surface area contributed by atoms with Gasteiger partial charge in [0.2, 0.25) is 23.8 Å². The zero-order valence-corrected chi connectivity index (χ0v) is 25.2. The zero-order chi connectivity index (χ0) is 28.4. The lowest BCUT2D eigenvalue weighted by atomic mass is 10.0. The molecule has 6 heteroatoms. The second-order valence-electron chi connectivity index (χ2n) is 10.2. The van der Waals surface area contributed by atoms with E-state index in [1.807, 2.05) is 53.7 Å². The van der Waals surface area contributed by atoms with Gasteiger partial charge in [0.1, 0.15) is 0 Å². The molecule has 206 valence electrons. The first-order chi connectivity index (χ1) is 17.9. The van der Waals surface area contributed by atoms with Crippen molar-refractivity contribution >= 4 is 19.7 Å². The van der Waals surface area contributed by atoms with Crippen molar-refractivity contribution in [2.24, 2.45) is 0 Å². The van der Waals surface area contributed by atoms with E-state index >= 15 is 0 Å². The Morgan fingerprint density at radius 2 is 1.11 bits per heavy atom. The summed E-state index contributed by atoms with van der Waals surface area (Å²) in [5.74, 6) is 0. The van der Waals surface area contributed by atoms with Crippen LogP contribution in [-0.4, -0.2) is 20.9 Å². The predicted octanol–water partition coefficient (Wildman–Crippen LogP) is 8.41. The minimum atomic E-state index is -4.38. The molecule has 0 unspecified atom stereocenters. The SMILES string of the molecule is C/C=C(\C)CC/C=C(\C)CC(/C=C(\C)CCC=C(C)C)(S(=O)(=O)c1ccccc1)S(=O)(=O)c1ccccc1. The average Bonchev–Trinajstić information content (AvgIpc) is 2.88. The normalized spacial score (nSPS) is 13.9. The first-order valence-electron chi connectivity index (χ1n) is 13.1. The maximum absolute atomic E-state index is 14.5. The average molecular weight is 555 g/mol. The molecule has 4 nitrogen and oxygen atoms in total. The van der Waals surface area contributed by atoms with Gasteiger partial charge in [-0.2, -0.15) is 0 Å². The van der Waals surface area contributed by atoms with Crippen LogP contribution >= 0.6 is 0 Å². The Kier molecular flexibility index (Phi) is 11.5. The van der Waals surface area contributed by atoms with Crippen molar-refractivity contribution in [1.82, 2.24) is 0 Å². The molecule has 0 aliphatic heterocycles. The molecule has 0 radical (unpaired) electrons. The molecular formula is C32H42O4S2. The molecule has 0 N–H and O–H groups in total. The Labute approximate surface area is 230 Å². The highest BCUT2D eigenvalue weighted by molar-refractivity contribution is 8.10. The molecule has 0 saturated carbocycles. The largest absolute Gasteiger partial charge is 0.222 e. The molecule has 0 saturated heterocycles. The van der Waals surface area contributed by atoms with Gasteiger partial charge in [-0.15, -0.1) is 0 Å². The smallest absolute Gasteiger partial charge is 0.204 e. The minimum Gasteiger partial charge on any atom is -0.222 e. The third-order valence-corrected chi connectivity index (χ3v) is 12.1. The lowest BCUT2D eigenvalue weighted by Gasteiger charge is -2.32. The quantitative estimate of drug-likeness (QED) is 0.233. The summed E-state index contributed by atoms with van der Waals surface area (Å²) in [6.45, 7) is 11.7. The van der Waals surface area contributed by atoms with Crippen LogP contribution < -0.4 is 0 Å². The second-order valence-corrected chi connectivity index (χ2v) is 14.8. The van der Waals surface area contributed by atoms with E-state index in [-0.39, 0.29) is 16.2 Å². The highest BCUT2D eigenvalue weighted by atomic mass is 32.3.